The third-order valence-electron chi connectivity index (χ3n) is 5.85. The molecule has 1 atom stereocenters. The molecule has 0 spiro atoms. The van der Waals surface area contributed by atoms with Gasteiger partial charge in [-0.25, -0.2) is 13.4 Å². The number of para-hydroxylation sites is 2. The van der Waals surface area contributed by atoms with Gasteiger partial charge in [-0.3, -0.25) is 9.59 Å². The third-order valence-corrected chi connectivity index (χ3v) is 7.71. The summed E-state index contributed by atoms with van der Waals surface area (Å²) in [5.41, 5.74) is 2.04. The van der Waals surface area contributed by atoms with E-state index in [0.717, 1.165) is 11.0 Å². The number of H-pyrrole nitrogens is 1. The van der Waals surface area contributed by atoms with Gasteiger partial charge in [0.05, 0.1) is 26.9 Å². The SMILES string of the molecule is CC(C)[C@H](NC(=O)c1ccc2c(c1)S(=O)(=O)c1ccccc1C2=O)c1nc2ccccc2[nH]1. The van der Waals surface area contributed by atoms with Gasteiger partial charge in [-0.1, -0.05) is 38.1 Å². The standard InChI is InChI=1S/C25H21N3O4S/c1-14(2)22(24-26-18-8-4-5-9-19(18)27-24)28-25(30)15-11-12-17-21(13-15)33(31,32)20-10-6-3-7-16(20)23(17)29/h3-14,22H,1-2H3,(H,26,27)(H,28,30)/t22-/m0/s1. The molecular formula is C25H21N3O4S. The van der Waals surface area contributed by atoms with E-state index in [9.17, 15) is 18.0 Å². The number of benzene rings is 3. The first-order valence-corrected chi connectivity index (χ1v) is 12.0. The molecule has 0 saturated heterocycles. The van der Waals surface area contributed by atoms with Crippen LogP contribution in [0, 0.1) is 5.92 Å². The molecule has 4 aromatic rings. The van der Waals surface area contributed by atoms with Gasteiger partial charge in [0.1, 0.15) is 5.82 Å². The van der Waals surface area contributed by atoms with Gasteiger partial charge in [0.25, 0.3) is 5.91 Å². The van der Waals surface area contributed by atoms with Crippen LogP contribution in [0.3, 0.4) is 0 Å². The number of hydrogen-bond donors (Lipinski definition) is 2. The van der Waals surface area contributed by atoms with Crippen LogP contribution in [0.2, 0.25) is 0 Å². The topological polar surface area (TPSA) is 109 Å². The van der Waals surface area contributed by atoms with Gasteiger partial charge in [0, 0.05) is 16.7 Å². The maximum atomic E-state index is 13.2. The van der Waals surface area contributed by atoms with Gasteiger partial charge < -0.3 is 10.3 Å². The van der Waals surface area contributed by atoms with Crippen LogP contribution < -0.4 is 5.32 Å². The van der Waals surface area contributed by atoms with Gasteiger partial charge >= 0.3 is 0 Å². The molecular weight excluding hydrogens is 438 g/mol. The monoisotopic (exact) mass is 459 g/mol. The quantitative estimate of drug-likeness (QED) is 0.421. The lowest BCUT2D eigenvalue weighted by atomic mass is 10.00. The van der Waals surface area contributed by atoms with E-state index in [4.69, 9.17) is 0 Å². The Labute approximate surface area is 190 Å². The Bertz CT molecular complexity index is 1500. The molecule has 2 N–H and O–H groups in total. The second-order valence-corrected chi connectivity index (χ2v) is 10.3. The van der Waals surface area contributed by atoms with Crippen LogP contribution in [-0.4, -0.2) is 30.1 Å². The van der Waals surface area contributed by atoms with Crippen LogP contribution in [0.5, 0.6) is 0 Å². The summed E-state index contributed by atoms with van der Waals surface area (Å²) >= 11 is 0. The number of aromatic amines is 1. The fraction of sp³-hybridized carbons (Fsp3) is 0.160. The highest BCUT2D eigenvalue weighted by Crippen LogP contribution is 2.35. The highest BCUT2D eigenvalue weighted by molar-refractivity contribution is 7.91. The van der Waals surface area contributed by atoms with Crippen molar-refractivity contribution in [3.63, 3.8) is 0 Å². The number of hydrogen-bond acceptors (Lipinski definition) is 5. The van der Waals surface area contributed by atoms with Crippen molar-refractivity contribution in [2.45, 2.75) is 29.7 Å². The van der Waals surface area contributed by atoms with Crippen molar-refractivity contribution in [3.05, 3.63) is 89.2 Å². The molecule has 0 fully saturated rings. The van der Waals surface area contributed by atoms with Crippen molar-refractivity contribution in [3.8, 4) is 0 Å². The van der Waals surface area contributed by atoms with E-state index in [-0.39, 0.29) is 38.2 Å². The molecule has 1 amide bonds. The van der Waals surface area contributed by atoms with Gasteiger partial charge in [0.2, 0.25) is 9.84 Å². The van der Waals surface area contributed by atoms with Crippen LogP contribution in [0.15, 0.2) is 76.5 Å². The minimum absolute atomic E-state index is 0.0179. The largest absolute Gasteiger partial charge is 0.342 e. The molecule has 0 bridgehead atoms. The van der Waals surface area contributed by atoms with Crippen molar-refractivity contribution < 1.29 is 18.0 Å². The van der Waals surface area contributed by atoms with Crippen molar-refractivity contribution >= 4 is 32.6 Å². The zero-order chi connectivity index (χ0) is 23.3. The molecule has 1 aromatic heterocycles. The molecule has 0 unspecified atom stereocenters. The zero-order valence-electron chi connectivity index (χ0n) is 18.0. The minimum atomic E-state index is -3.92. The number of rotatable bonds is 4. The van der Waals surface area contributed by atoms with Gasteiger partial charge in [-0.2, -0.15) is 0 Å². The Kier molecular flexibility index (Phi) is 4.90. The Hall–Kier alpha value is -3.78. The molecule has 1 aliphatic rings. The smallest absolute Gasteiger partial charge is 0.251 e. The van der Waals surface area contributed by atoms with E-state index in [1.165, 1.54) is 30.3 Å². The summed E-state index contributed by atoms with van der Waals surface area (Å²) in [7, 11) is -3.92. The highest BCUT2D eigenvalue weighted by Gasteiger charge is 2.35. The normalized spacial score (nSPS) is 15.2. The minimum Gasteiger partial charge on any atom is -0.342 e. The van der Waals surface area contributed by atoms with E-state index in [1.54, 1.807) is 12.1 Å². The zero-order valence-corrected chi connectivity index (χ0v) is 18.8. The summed E-state index contributed by atoms with van der Waals surface area (Å²) in [6, 6.07) is 17.5. The van der Waals surface area contributed by atoms with Gasteiger partial charge in [0.15, 0.2) is 5.78 Å². The first kappa shape index (κ1) is 21.1. The molecule has 8 heteroatoms. The van der Waals surface area contributed by atoms with E-state index in [2.05, 4.69) is 15.3 Å². The van der Waals surface area contributed by atoms with E-state index < -0.39 is 21.8 Å². The molecule has 7 nitrogen and oxygen atoms in total. The number of ketones is 1. The summed E-state index contributed by atoms with van der Waals surface area (Å²) < 4.78 is 26.3. The Morgan fingerprint density at radius 3 is 2.39 bits per heavy atom. The van der Waals surface area contributed by atoms with Crippen molar-refractivity contribution in [2.75, 3.05) is 0 Å². The maximum absolute atomic E-state index is 13.2. The van der Waals surface area contributed by atoms with E-state index >= 15 is 0 Å². The third kappa shape index (κ3) is 3.43. The van der Waals surface area contributed by atoms with Crippen molar-refractivity contribution in [2.24, 2.45) is 5.92 Å². The number of aromatic nitrogens is 2. The molecule has 5 rings (SSSR count). The summed E-state index contributed by atoms with van der Waals surface area (Å²) in [4.78, 5) is 33.6. The molecule has 33 heavy (non-hydrogen) atoms. The predicted molar refractivity (Wildman–Crippen MR) is 123 cm³/mol. The molecule has 0 aliphatic carbocycles. The lowest BCUT2D eigenvalue weighted by Gasteiger charge is -2.22. The molecule has 0 radical (unpaired) electrons. The van der Waals surface area contributed by atoms with Crippen LogP contribution in [0.1, 0.15) is 52.0 Å². The number of fused-ring (bicyclic) bond motifs is 3. The lowest BCUT2D eigenvalue weighted by Crippen LogP contribution is -2.33. The first-order valence-electron chi connectivity index (χ1n) is 10.6. The summed E-state index contributed by atoms with van der Waals surface area (Å²) in [6.07, 6.45) is 0. The fourth-order valence-electron chi connectivity index (χ4n) is 4.12. The summed E-state index contributed by atoms with van der Waals surface area (Å²) in [6.45, 7) is 3.93. The van der Waals surface area contributed by atoms with Crippen LogP contribution >= 0.6 is 0 Å². The Morgan fingerprint density at radius 2 is 1.64 bits per heavy atom. The first-order chi connectivity index (χ1) is 15.8. The van der Waals surface area contributed by atoms with E-state index in [0.29, 0.717) is 5.82 Å². The number of carbonyl (C=O) groups excluding carboxylic acids is 2. The van der Waals surface area contributed by atoms with Gasteiger partial charge in [-0.05, 0) is 48.4 Å². The Balaban J connectivity index is 1.50. The maximum Gasteiger partial charge on any atom is 0.251 e. The molecule has 1 aliphatic heterocycles. The molecule has 2 heterocycles. The number of nitrogens with one attached hydrogen (secondary N) is 2. The Morgan fingerprint density at radius 1 is 0.939 bits per heavy atom. The molecule has 0 saturated carbocycles. The van der Waals surface area contributed by atoms with Gasteiger partial charge in [-0.15, -0.1) is 0 Å². The van der Waals surface area contributed by atoms with Crippen LogP contribution in [0.4, 0.5) is 0 Å². The average molecular weight is 460 g/mol. The predicted octanol–water partition coefficient (Wildman–Crippen LogP) is 4.07. The number of carbonyl (C=O) groups is 2. The number of imidazole rings is 1. The number of amides is 1. The highest BCUT2D eigenvalue weighted by atomic mass is 32.2. The van der Waals surface area contributed by atoms with Crippen molar-refractivity contribution in [1.82, 2.24) is 15.3 Å². The molecule has 166 valence electrons. The lowest BCUT2D eigenvalue weighted by molar-refractivity contribution is 0.0921. The number of nitrogens with zero attached hydrogens (tertiary/aromatic N) is 1. The van der Waals surface area contributed by atoms with Crippen molar-refractivity contribution in [1.29, 1.82) is 0 Å². The second-order valence-electron chi connectivity index (χ2n) is 8.37. The van der Waals surface area contributed by atoms with Crippen LogP contribution in [0.25, 0.3) is 11.0 Å². The summed E-state index contributed by atoms with van der Waals surface area (Å²) in [5.74, 6) is -0.179. The second kappa shape index (κ2) is 7.67. The average Bonchev–Trinajstić information content (AvgIpc) is 3.24. The van der Waals surface area contributed by atoms with E-state index in [1.807, 2.05) is 38.1 Å². The fourth-order valence-corrected chi connectivity index (χ4v) is 5.80. The summed E-state index contributed by atoms with van der Waals surface area (Å²) in [5, 5.41) is 2.96. The van der Waals surface area contributed by atoms with Crippen LogP contribution in [-0.2, 0) is 9.84 Å². The number of sulfone groups is 1. The molecule has 3 aromatic carbocycles.